The first-order chi connectivity index (χ1) is 12.6. The molecule has 130 valence electrons. The van der Waals surface area contributed by atoms with Crippen LogP contribution in [0.25, 0.3) is 0 Å². The molecule has 0 spiro atoms. The number of carbonyl (C=O) groups excluding carboxylic acids is 1. The maximum absolute atomic E-state index is 14.0. The molecule has 0 radical (unpaired) electrons. The van der Waals surface area contributed by atoms with Crippen molar-refractivity contribution in [3.63, 3.8) is 0 Å². The molecule has 0 bridgehead atoms. The van der Waals surface area contributed by atoms with Crippen molar-refractivity contribution in [3.8, 4) is 0 Å². The predicted octanol–water partition coefficient (Wildman–Crippen LogP) is 4.82. The van der Waals surface area contributed by atoms with Crippen molar-refractivity contribution in [2.24, 2.45) is 0 Å². The van der Waals surface area contributed by atoms with Gasteiger partial charge in [0.1, 0.15) is 11.6 Å². The first kappa shape index (κ1) is 16.5. The fourth-order valence-corrected chi connectivity index (χ4v) is 3.24. The van der Waals surface area contributed by atoms with E-state index in [0.717, 1.165) is 17.7 Å². The second-order valence-electron chi connectivity index (χ2n) is 5.98. The first-order valence-corrected chi connectivity index (χ1v) is 8.58. The maximum Gasteiger partial charge on any atom is 0.262 e. The fraction of sp³-hybridized carbons (Fsp3) is 0.100. The van der Waals surface area contributed by atoms with Crippen LogP contribution < -0.4 is 10.2 Å². The van der Waals surface area contributed by atoms with Crippen LogP contribution in [0.2, 0.25) is 5.02 Å². The van der Waals surface area contributed by atoms with Gasteiger partial charge in [-0.1, -0.05) is 29.8 Å². The zero-order valence-electron chi connectivity index (χ0n) is 13.7. The molecule has 4 rings (SSSR count). The SMILES string of the molecule is O=C(c1cccnc1Nc1ccccc1F)N1CCc2ccc(Cl)cc21. The fourth-order valence-electron chi connectivity index (χ4n) is 3.08. The van der Waals surface area contributed by atoms with Crippen LogP contribution in [-0.2, 0) is 6.42 Å². The van der Waals surface area contributed by atoms with Gasteiger partial charge in [-0.3, -0.25) is 4.79 Å². The lowest BCUT2D eigenvalue weighted by Gasteiger charge is -2.19. The zero-order valence-corrected chi connectivity index (χ0v) is 14.5. The Hall–Kier alpha value is -2.92. The number of carbonyl (C=O) groups is 1. The number of nitrogens with one attached hydrogen (secondary N) is 1. The molecule has 0 fully saturated rings. The summed E-state index contributed by atoms with van der Waals surface area (Å²) in [5, 5.41) is 3.50. The lowest BCUT2D eigenvalue weighted by atomic mass is 10.1. The number of hydrogen-bond acceptors (Lipinski definition) is 3. The Bertz CT molecular complexity index is 992. The summed E-state index contributed by atoms with van der Waals surface area (Å²) in [6.45, 7) is 0.572. The molecule has 0 aliphatic carbocycles. The van der Waals surface area contributed by atoms with E-state index in [-0.39, 0.29) is 11.6 Å². The Morgan fingerprint density at radius 1 is 1.15 bits per heavy atom. The van der Waals surface area contributed by atoms with E-state index in [4.69, 9.17) is 11.6 Å². The van der Waals surface area contributed by atoms with Crippen LogP contribution in [0.5, 0.6) is 0 Å². The van der Waals surface area contributed by atoms with Gasteiger partial charge in [0.15, 0.2) is 0 Å². The minimum absolute atomic E-state index is 0.196. The van der Waals surface area contributed by atoms with E-state index in [0.29, 0.717) is 22.9 Å². The molecule has 3 aromatic rings. The van der Waals surface area contributed by atoms with Gasteiger partial charge in [-0.2, -0.15) is 0 Å². The Balaban J connectivity index is 1.68. The molecular formula is C20H15ClFN3O. The molecule has 1 amide bonds. The molecule has 26 heavy (non-hydrogen) atoms. The molecule has 6 heteroatoms. The Labute approximate surface area is 155 Å². The summed E-state index contributed by atoms with van der Waals surface area (Å²) >= 11 is 6.09. The highest BCUT2D eigenvalue weighted by Crippen LogP contribution is 2.33. The number of fused-ring (bicyclic) bond motifs is 1. The monoisotopic (exact) mass is 367 g/mol. The largest absolute Gasteiger partial charge is 0.337 e. The quantitative estimate of drug-likeness (QED) is 0.721. The number of para-hydroxylation sites is 1. The molecule has 1 aliphatic rings. The summed E-state index contributed by atoms with van der Waals surface area (Å²) < 4.78 is 14.0. The summed E-state index contributed by atoms with van der Waals surface area (Å²) in [4.78, 5) is 19.0. The summed E-state index contributed by atoms with van der Waals surface area (Å²) in [6, 6.07) is 15.2. The van der Waals surface area contributed by atoms with Crippen LogP contribution in [0.1, 0.15) is 15.9 Å². The third kappa shape index (κ3) is 3.02. The van der Waals surface area contributed by atoms with Gasteiger partial charge in [0, 0.05) is 23.5 Å². The van der Waals surface area contributed by atoms with Crippen LogP contribution in [0.15, 0.2) is 60.8 Å². The molecule has 4 nitrogen and oxygen atoms in total. The normalized spacial score (nSPS) is 12.8. The van der Waals surface area contributed by atoms with E-state index in [1.165, 1.54) is 6.07 Å². The van der Waals surface area contributed by atoms with Gasteiger partial charge in [0.25, 0.3) is 5.91 Å². The van der Waals surface area contributed by atoms with Crippen LogP contribution in [0.4, 0.5) is 21.6 Å². The summed E-state index contributed by atoms with van der Waals surface area (Å²) in [5.74, 6) is -0.286. The molecule has 0 saturated heterocycles. The van der Waals surface area contributed by atoms with E-state index < -0.39 is 5.82 Å². The lowest BCUT2D eigenvalue weighted by molar-refractivity contribution is 0.0990. The van der Waals surface area contributed by atoms with Crippen LogP contribution >= 0.6 is 11.6 Å². The van der Waals surface area contributed by atoms with Gasteiger partial charge in [0.2, 0.25) is 0 Å². The summed E-state index contributed by atoms with van der Waals surface area (Å²) in [6.07, 6.45) is 2.34. The number of aromatic nitrogens is 1. The van der Waals surface area contributed by atoms with E-state index >= 15 is 0 Å². The van der Waals surface area contributed by atoms with Gasteiger partial charge in [0.05, 0.1) is 11.3 Å². The van der Waals surface area contributed by atoms with Gasteiger partial charge in [-0.15, -0.1) is 0 Å². The molecule has 1 N–H and O–H groups in total. The third-order valence-electron chi connectivity index (χ3n) is 4.35. The maximum atomic E-state index is 14.0. The third-order valence-corrected chi connectivity index (χ3v) is 4.59. The number of nitrogens with zero attached hydrogens (tertiary/aromatic N) is 2. The smallest absolute Gasteiger partial charge is 0.262 e. The standard InChI is InChI=1S/C20H15ClFN3O/c21-14-8-7-13-9-11-25(18(13)12-14)20(26)15-4-3-10-23-19(15)24-17-6-2-1-5-16(17)22/h1-8,10,12H,9,11H2,(H,23,24). The highest BCUT2D eigenvalue weighted by Gasteiger charge is 2.27. The molecule has 0 atom stereocenters. The van der Waals surface area contributed by atoms with E-state index in [2.05, 4.69) is 10.3 Å². The summed E-state index contributed by atoms with van der Waals surface area (Å²) in [7, 11) is 0. The topological polar surface area (TPSA) is 45.2 Å². The predicted molar refractivity (Wildman–Crippen MR) is 101 cm³/mol. The number of rotatable bonds is 3. The molecule has 1 aliphatic heterocycles. The molecule has 2 aromatic carbocycles. The molecule has 1 aromatic heterocycles. The summed E-state index contributed by atoms with van der Waals surface area (Å²) in [5.41, 5.74) is 2.53. The minimum Gasteiger partial charge on any atom is -0.337 e. The van der Waals surface area contributed by atoms with Gasteiger partial charge < -0.3 is 10.2 Å². The number of benzene rings is 2. The van der Waals surface area contributed by atoms with Gasteiger partial charge in [-0.05, 0) is 48.4 Å². The highest BCUT2D eigenvalue weighted by atomic mass is 35.5. The van der Waals surface area contributed by atoms with Crippen molar-refractivity contribution in [1.29, 1.82) is 0 Å². The van der Waals surface area contributed by atoms with Crippen molar-refractivity contribution in [3.05, 3.63) is 82.8 Å². The zero-order chi connectivity index (χ0) is 18.1. The van der Waals surface area contributed by atoms with Crippen LogP contribution in [-0.4, -0.2) is 17.4 Å². The molecule has 0 unspecified atom stereocenters. The van der Waals surface area contributed by atoms with E-state index in [9.17, 15) is 9.18 Å². The van der Waals surface area contributed by atoms with E-state index in [1.54, 1.807) is 47.5 Å². The average molecular weight is 368 g/mol. The second kappa shape index (κ2) is 6.77. The van der Waals surface area contributed by atoms with Crippen molar-refractivity contribution in [1.82, 2.24) is 4.98 Å². The van der Waals surface area contributed by atoms with Crippen molar-refractivity contribution in [2.45, 2.75) is 6.42 Å². The lowest BCUT2D eigenvalue weighted by Crippen LogP contribution is -2.29. The minimum atomic E-state index is -0.408. The number of amides is 1. The number of halogens is 2. The van der Waals surface area contributed by atoms with Gasteiger partial charge >= 0.3 is 0 Å². The number of hydrogen-bond donors (Lipinski definition) is 1. The van der Waals surface area contributed by atoms with Crippen LogP contribution in [0, 0.1) is 5.82 Å². The Morgan fingerprint density at radius 2 is 2.00 bits per heavy atom. The number of pyridine rings is 1. The Morgan fingerprint density at radius 3 is 2.85 bits per heavy atom. The van der Waals surface area contributed by atoms with Crippen molar-refractivity contribution in [2.75, 3.05) is 16.8 Å². The highest BCUT2D eigenvalue weighted by molar-refractivity contribution is 6.31. The van der Waals surface area contributed by atoms with Crippen molar-refractivity contribution < 1.29 is 9.18 Å². The molecule has 2 heterocycles. The number of anilines is 3. The average Bonchev–Trinajstić information content (AvgIpc) is 3.06. The molecule has 0 saturated carbocycles. The Kier molecular flexibility index (Phi) is 4.31. The van der Waals surface area contributed by atoms with E-state index in [1.807, 2.05) is 12.1 Å². The van der Waals surface area contributed by atoms with Crippen LogP contribution in [0.3, 0.4) is 0 Å². The van der Waals surface area contributed by atoms with Crippen molar-refractivity contribution >= 4 is 34.7 Å². The first-order valence-electron chi connectivity index (χ1n) is 8.20. The van der Waals surface area contributed by atoms with Gasteiger partial charge in [-0.25, -0.2) is 9.37 Å². The second-order valence-corrected chi connectivity index (χ2v) is 6.42. The molecular weight excluding hydrogens is 353 g/mol.